The van der Waals surface area contributed by atoms with Gasteiger partial charge in [0.2, 0.25) is 5.91 Å². The Morgan fingerprint density at radius 2 is 1.88 bits per heavy atom. The van der Waals surface area contributed by atoms with Gasteiger partial charge in [0, 0.05) is 31.3 Å². The minimum Gasteiger partial charge on any atom is -0.340 e. The molecule has 0 aliphatic rings. The van der Waals surface area contributed by atoms with Crippen LogP contribution in [-0.2, 0) is 11.8 Å². The largest absolute Gasteiger partial charge is 0.340 e. The van der Waals surface area contributed by atoms with Crippen molar-refractivity contribution in [2.45, 2.75) is 6.92 Å². The van der Waals surface area contributed by atoms with Crippen LogP contribution in [0.3, 0.4) is 0 Å². The third-order valence-electron chi connectivity index (χ3n) is 2.97. The molecule has 1 heterocycles. The molecule has 7 nitrogen and oxygen atoms in total. The zero-order valence-electron chi connectivity index (χ0n) is 13.3. The van der Waals surface area contributed by atoms with E-state index in [0.29, 0.717) is 5.69 Å². The second kappa shape index (κ2) is 7.74. The molecular formula is C17H16N4O3. The molecule has 0 atom stereocenters. The molecule has 7 heteroatoms. The van der Waals surface area contributed by atoms with Gasteiger partial charge in [-0.1, -0.05) is 11.8 Å². The predicted molar refractivity (Wildman–Crippen MR) is 89.4 cm³/mol. The molecule has 0 aliphatic heterocycles. The van der Waals surface area contributed by atoms with Crippen LogP contribution < -0.4 is 16.2 Å². The number of hydrogen-bond donors (Lipinski definition) is 2. The van der Waals surface area contributed by atoms with Crippen molar-refractivity contribution in [2.24, 2.45) is 7.05 Å². The van der Waals surface area contributed by atoms with Crippen molar-refractivity contribution in [3.63, 3.8) is 0 Å². The summed E-state index contributed by atoms with van der Waals surface area (Å²) in [5.74, 6) is 5.18. The van der Waals surface area contributed by atoms with Crippen molar-refractivity contribution in [3.8, 4) is 11.8 Å². The summed E-state index contributed by atoms with van der Waals surface area (Å²) in [5, 5.41) is 9.12. The van der Waals surface area contributed by atoms with Crippen LogP contribution in [0.15, 0.2) is 41.2 Å². The van der Waals surface area contributed by atoms with Gasteiger partial charge in [-0.15, -0.1) is 0 Å². The molecule has 0 bridgehead atoms. The molecule has 0 spiro atoms. The molecule has 0 fully saturated rings. The topological polar surface area (TPSA) is 93.1 Å². The Kier molecular flexibility index (Phi) is 5.47. The van der Waals surface area contributed by atoms with Crippen molar-refractivity contribution in [1.29, 1.82) is 0 Å². The Labute approximate surface area is 138 Å². The Morgan fingerprint density at radius 1 is 1.17 bits per heavy atom. The van der Waals surface area contributed by atoms with Gasteiger partial charge in [0.1, 0.15) is 5.69 Å². The van der Waals surface area contributed by atoms with E-state index in [4.69, 9.17) is 0 Å². The third kappa shape index (κ3) is 4.81. The number of carbonyl (C=O) groups is 2. The fourth-order valence-corrected chi connectivity index (χ4v) is 1.82. The fourth-order valence-electron chi connectivity index (χ4n) is 1.82. The lowest BCUT2D eigenvalue weighted by Gasteiger charge is -2.02. The van der Waals surface area contributed by atoms with E-state index in [1.807, 2.05) is 0 Å². The SMILES string of the molecule is CC(=O)Nc1ccc(C#CCNC(=O)c2ccc(=O)n(C)n2)cc1. The van der Waals surface area contributed by atoms with Crippen LogP contribution in [0.2, 0.25) is 0 Å². The van der Waals surface area contributed by atoms with Crippen molar-refractivity contribution >= 4 is 17.5 Å². The van der Waals surface area contributed by atoms with Crippen LogP contribution in [0, 0.1) is 11.8 Å². The number of anilines is 1. The monoisotopic (exact) mass is 324 g/mol. The first-order chi connectivity index (χ1) is 11.5. The molecule has 1 aromatic carbocycles. The molecule has 0 aliphatic carbocycles. The van der Waals surface area contributed by atoms with Gasteiger partial charge >= 0.3 is 0 Å². The van der Waals surface area contributed by atoms with E-state index < -0.39 is 5.91 Å². The lowest BCUT2D eigenvalue weighted by molar-refractivity contribution is -0.114. The summed E-state index contributed by atoms with van der Waals surface area (Å²) >= 11 is 0. The number of nitrogens with zero attached hydrogens (tertiary/aromatic N) is 2. The number of nitrogens with one attached hydrogen (secondary N) is 2. The second-order valence-electron chi connectivity index (χ2n) is 4.92. The molecular weight excluding hydrogens is 308 g/mol. The first kappa shape index (κ1) is 17.0. The number of hydrogen-bond acceptors (Lipinski definition) is 4. The molecule has 2 N–H and O–H groups in total. The first-order valence-electron chi connectivity index (χ1n) is 7.15. The van der Waals surface area contributed by atoms with Crippen molar-refractivity contribution in [1.82, 2.24) is 15.1 Å². The number of benzene rings is 1. The standard InChI is InChI=1S/C17H16N4O3/c1-12(22)19-14-7-5-13(6-8-14)4-3-11-18-17(24)15-9-10-16(23)21(2)20-15/h5-10H,11H2,1-2H3,(H,18,24)(H,19,22). The van der Waals surface area contributed by atoms with E-state index in [1.54, 1.807) is 24.3 Å². The maximum Gasteiger partial charge on any atom is 0.272 e. The highest BCUT2D eigenvalue weighted by atomic mass is 16.2. The van der Waals surface area contributed by atoms with Gasteiger partial charge in [-0.2, -0.15) is 5.10 Å². The summed E-state index contributed by atoms with van der Waals surface area (Å²) < 4.78 is 1.09. The van der Waals surface area contributed by atoms with Gasteiger partial charge in [0.15, 0.2) is 0 Å². The quantitative estimate of drug-likeness (QED) is 0.805. The van der Waals surface area contributed by atoms with Crippen LogP contribution in [0.4, 0.5) is 5.69 Å². The summed E-state index contributed by atoms with van der Waals surface area (Å²) in [6.45, 7) is 1.59. The highest BCUT2D eigenvalue weighted by molar-refractivity contribution is 5.92. The second-order valence-corrected chi connectivity index (χ2v) is 4.92. The Bertz CT molecular complexity index is 873. The lowest BCUT2D eigenvalue weighted by atomic mass is 10.2. The van der Waals surface area contributed by atoms with Crippen LogP contribution in [0.1, 0.15) is 23.0 Å². The van der Waals surface area contributed by atoms with Crippen molar-refractivity contribution in [2.75, 3.05) is 11.9 Å². The summed E-state index contributed by atoms with van der Waals surface area (Å²) in [4.78, 5) is 34.0. The van der Waals surface area contributed by atoms with Gasteiger partial charge in [0.05, 0.1) is 6.54 Å². The van der Waals surface area contributed by atoms with Crippen molar-refractivity contribution < 1.29 is 9.59 Å². The van der Waals surface area contributed by atoms with Crippen LogP contribution in [0.5, 0.6) is 0 Å². The minimum atomic E-state index is -0.402. The molecule has 24 heavy (non-hydrogen) atoms. The van der Waals surface area contributed by atoms with Gasteiger partial charge in [-0.3, -0.25) is 14.4 Å². The van der Waals surface area contributed by atoms with Gasteiger partial charge in [-0.25, -0.2) is 4.68 Å². The van der Waals surface area contributed by atoms with E-state index >= 15 is 0 Å². The maximum absolute atomic E-state index is 11.9. The molecule has 2 rings (SSSR count). The summed E-state index contributed by atoms with van der Waals surface area (Å²) in [6, 6.07) is 9.69. The molecule has 1 aromatic heterocycles. The number of rotatable bonds is 3. The molecule has 2 amide bonds. The van der Waals surface area contributed by atoms with Crippen LogP contribution in [0.25, 0.3) is 0 Å². The Balaban J connectivity index is 1.91. The number of aryl methyl sites for hydroxylation is 1. The van der Waals surface area contributed by atoms with Crippen LogP contribution in [-0.4, -0.2) is 28.1 Å². The summed E-state index contributed by atoms with van der Waals surface area (Å²) in [6.07, 6.45) is 0. The average Bonchev–Trinajstić information content (AvgIpc) is 2.55. The smallest absolute Gasteiger partial charge is 0.272 e. The highest BCUT2D eigenvalue weighted by Crippen LogP contribution is 2.08. The number of carbonyl (C=O) groups excluding carboxylic acids is 2. The van der Waals surface area contributed by atoms with E-state index in [-0.39, 0.29) is 23.7 Å². The van der Waals surface area contributed by atoms with Crippen LogP contribution >= 0.6 is 0 Å². The van der Waals surface area contributed by atoms with E-state index in [9.17, 15) is 14.4 Å². The zero-order valence-corrected chi connectivity index (χ0v) is 13.3. The van der Waals surface area contributed by atoms with E-state index in [0.717, 1.165) is 10.2 Å². The molecule has 0 saturated heterocycles. The molecule has 0 unspecified atom stereocenters. The normalized spacial score (nSPS) is 9.58. The molecule has 2 aromatic rings. The van der Waals surface area contributed by atoms with Gasteiger partial charge in [0.25, 0.3) is 11.5 Å². The first-order valence-corrected chi connectivity index (χ1v) is 7.15. The average molecular weight is 324 g/mol. The van der Waals surface area contributed by atoms with Gasteiger partial charge in [-0.05, 0) is 30.3 Å². The molecule has 0 saturated carbocycles. The minimum absolute atomic E-state index is 0.136. The summed E-state index contributed by atoms with van der Waals surface area (Å²) in [5.41, 5.74) is 1.33. The Morgan fingerprint density at radius 3 is 2.50 bits per heavy atom. The fraction of sp³-hybridized carbons (Fsp3) is 0.176. The molecule has 122 valence electrons. The lowest BCUT2D eigenvalue weighted by Crippen LogP contribution is -2.28. The molecule has 0 radical (unpaired) electrons. The van der Waals surface area contributed by atoms with E-state index in [1.165, 1.54) is 26.1 Å². The highest BCUT2D eigenvalue weighted by Gasteiger charge is 2.06. The number of amides is 2. The maximum atomic E-state index is 11.9. The number of aromatic nitrogens is 2. The zero-order chi connectivity index (χ0) is 17.5. The van der Waals surface area contributed by atoms with E-state index in [2.05, 4.69) is 27.6 Å². The summed E-state index contributed by atoms with van der Waals surface area (Å²) in [7, 11) is 1.48. The third-order valence-corrected chi connectivity index (χ3v) is 2.97. The van der Waals surface area contributed by atoms with Gasteiger partial charge < -0.3 is 10.6 Å². The Hall–Kier alpha value is -3.40. The van der Waals surface area contributed by atoms with Crippen molar-refractivity contribution in [3.05, 3.63) is 58.0 Å². The predicted octanol–water partition coefficient (Wildman–Crippen LogP) is 0.520.